The van der Waals surface area contributed by atoms with E-state index in [1.54, 1.807) is 14.2 Å². The third-order valence-electron chi connectivity index (χ3n) is 9.82. The summed E-state index contributed by atoms with van der Waals surface area (Å²) in [4.78, 5) is 15.6. The van der Waals surface area contributed by atoms with E-state index < -0.39 is 0 Å². The van der Waals surface area contributed by atoms with Gasteiger partial charge in [-0.15, -0.1) is 0 Å². The number of methoxy groups -OCH3 is 2. The Balaban J connectivity index is 1.22. The Morgan fingerprint density at radius 3 is 2.67 bits per heavy atom. The molecule has 3 aliphatic heterocycles. The molecule has 6 nitrogen and oxygen atoms in total. The third-order valence-corrected chi connectivity index (χ3v) is 9.82. The fourth-order valence-electron chi connectivity index (χ4n) is 7.86. The van der Waals surface area contributed by atoms with E-state index >= 15 is 0 Å². The summed E-state index contributed by atoms with van der Waals surface area (Å²) in [5, 5.41) is 0. The highest BCUT2D eigenvalue weighted by Gasteiger charge is 2.65. The Hall–Kier alpha value is -1.79. The highest BCUT2D eigenvalue weighted by Crippen LogP contribution is 2.63. The van der Waals surface area contributed by atoms with Crippen LogP contribution in [0.1, 0.15) is 63.1 Å². The van der Waals surface area contributed by atoms with Gasteiger partial charge in [-0.05, 0) is 80.0 Å². The second kappa shape index (κ2) is 7.61. The van der Waals surface area contributed by atoms with Gasteiger partial charge in [-0.2, -0.15) is 0 Å². The maximum atomic E-state index is 13.1. The van der Waals surface area contributed by atoms with Crippen LogP contribution in [0.15, 0.2) is 12.1 Å². The van der Waals surface area contributed by atoms with E-state index in [2.05, 4.69) is 30.9 Å². The Morgan fingerprint density at radius 1 is 1.18 bits per heavy atom. The predicted molar refractivity (Wildman–Crippen MR) is 123 cm³/mol. The quantitative estimate of drug-likeness (QED) is 0.502. The minimum Gasteiger partial charge on any atom is -0.493 e. The molecule has 2 saturated carbocycles. The number of rotatable bonds is 4. The first kappa shape index (κ1) is 21.7. The molecule has 1 spiro atoms. The second-order valence-electron chi connectivity index (χ2n) is 11.4. The van der Waals surface area contributed by atoms with E-state index in [1.807, 2.05) is 0 Å². The molecule has 5 aliphatic rings. The summed E-state index contributed by atoms with van der Waals surface area (Å²) in [5.74, 6) is 2.41. The molecule has 6 heteroatoms. The van der Waals surface area contributed by atoms with Crippen molar-refractivity contribution in [1.29, 1.82) is 0 Å². The summed E-state index contributed by atoms with van der Waals surface area (Å²) in [6, 6.07) is 4.45. The molecule has 2 aliphatic carbocycles. The third kappa shape index (κ3) is 3.31. The van der Waals surface area contributed by atoms with Crippen LogP contribution in [0.3, 0.4) is 0 Å². The van der Waals surface area contributed by atoms with Gasteiger partial charge in [0.05, 0.1) is 32.3 Å². The first-order chi connectivity index (χ1) is 15.9. The van der Waals surface area contributed by atoms with Gasteiger partial charge in [0.1, 0.15) is 6.10 Å². The van der Waals surface area contributed by atoms with Crippen LogP contribution in [0, 0.1) is 23.2 Å². The minimum atomic E-state index is -0.0404. The van der Waals surface area contributed by atoms with Gasteiger partial charge in [-0.3, -0.25) is 9.69 Å². The molecular weight excluding hydrogens is 418 g/mol. The van der Waals surface area contributed by atoms with Crippen molar-refractivity contribution in [3.05, 3.63) is 23.3 Å². The molecule has 0 amide bonds. The molecule has 0 radical (unpaired) electrons. The van der Waals surface area contributed by atoms with Crippen LogP contribution in [-0.4, -0.2) is 56.5 Å². The number of hydrogen-bond donors (Lipinski definition) is 0. The molecule has 0 bridgehead atoms. The van der Waals surface area contributed by atoms with E-state index in [4.69, 9.17) is 18.9 Å². The lowest BCUT2D eigenvalue weighted by molar-refractivity contribution is -0.147. The van der Waals surface area contributed by atoms with Crippen LogP contribution >= 0.6 is 0 Å². The maximum absolute atomic E-state index is 13.1. The first-order valence-electron chi connectivity index (χ1n) is 12.7. The van der Waals surface area contributed by atoms with Crippen molar-refractivity contribution in [2.45, 2.75) is 70.1 Å². The van der Waals surface area contributed by atoms with E-state index in [-0.39, 0.29) is 35.0 Å². The Labute approximate surface area is 196 Å². The topological polar surface area (TPSA) is 60.5 Å². The number of benzene rings is 1. The molecule has 7 atom stereocenters. The molecule has 3 heterocycles. The van der Waals surface area contributed by atoms with Crippen molar-refractivity contribution in [3.63, 3.8) is 0 Å². The van der Waals surface area contributed by atoms with Crippen molar-refractivity contribution < 1.29 is 23.7 Å². The Bertz CT molecular complexity index is 958. The van der Waals surface area contributed by atoms with Gasteiger partial charge >= 0.3 is 5.97 Å². The zero-order valence-electron chi connectivity index (χ0n) is 20.4. The molecule has 2 saturated heterocycles. The molecule has 6 rings (SSSR count). The zero-order valence-corrected chi connectivity index (χ0v) is 20.4. The average molecular weight is 456 g/mol. The molecule has 1 aromatic rings. The van der Waals surface area contributed by atoms with E-state index in [0.29, 0.717) is 11.8 Å². The number of epoxide rings is 1. The Kier molecular flexibility index (Phi) is 5.01. The van der Waals surface area contributed by atoms with Gasteiger partial charge in [0.25, 0.3) is 0 Å². The van der Waals surface area contributed by atoms with Crippen molar-refractivity contribution in [1.82, 2.24) is 4.90 Å². The van der Waals surface area contributed by atoms with Crippen LogP contribution in [0.5, 0.6) is 11.5 Å². The molecule has 0 unspecified atom stereocenters. The zero-order chi connectivity index (χ0) is 23.0. The van der Waals surface area contributed by atoms with Gasteiger partial charge < -0.3 is 18.9 Å². The van der Waals surface area contributed by atoms with Gasteiger partial charge in [0.15, 0.2) is 11.5 Å². The minimum absolute atomic E-state index is 0.0170. The molecule has 0 aromatic heterocycles. The highest BCUT2D eigenvalue weighted by atomic mass is 16.6. The van der Waals surface area contributed by atoms with Gasteiger partial charge in [-0.25, -0.2) is 0 Å². The molecule has 180 valence electrons. The summed E-state index contributed by atoms with van der Waals surface area (Å²) in [6.07, 6.45) is 6.77. The largest absolute Gasteiger partial charge is 0.493 e. The predicted octanol–water partition coefficient (Wildman–Crippen LogP) is 4.15. The lowest BCUT2D eigenvalue weighted by Crippen LogP contribution is -2.51. The summed E-state index contributed by atoms with van der Waals surface area (Å²) in [7, 11) is 3.37. The Morgan fingerprint density at radius 2 is 1.94 bits per heavy atom. The van der Waals surface area contributed by atoms with Gasteiger partial charge in [0.2, 0.25) is 0 Å². The molecule has 33 heavy (non-hydrogen) atoms. The fourth-order valence-corrected chi connectivity index (χ4v) is 7.86. The summed E-state index contributed by atoms with van der Waals surface area (Å²) in [5.41, 5.74) is 2.93. The van der Waals surface area contributed by atoms with E-state index in [9.17, 15) is 4.79 Å². The SMILES string of the molecule is COc1cc2c(cc1OC)[C@H](C)N(C[C@H]1C(=O)O[C@@H]3C[C@@]4(C)CCC[C@]5(CO5)[C@@H]4C[C@@H]31)CC2. The number of esters is 1. The van der Waals surface area contributed by atoms with Crippen LogP contribution in [-0.2, 0) is 20.7 Å². The molecule has 4 fully saturated rings. The molecule has 0 N–H and O–H groups in total. The number of carbonyl (C=O) groups is 1. The normalized spacial score (nSPS) is 41.7. The lowest BCUT2D eigenvalue weighted by atomic mass is 9.53. The van der Waals surface area contributed by atoms with Crippen molar-refractivity contribution in [3.8, 4) is 11.5 Å². The number of carbonyl (C=O) groups excluding carboxylic acids is 1. The number of nitrogens with zero attached hydrogens (tertiary/aromatic N) is 1. The van der Waals surface area contributed by atoms with Gasteiger partial charge in [0, 0.05) is 25.0 Å². The van der Waals surface area contributed by atoms with Crippen LogP contribution in [0.25, 0.3) is 0 Å². The van der Waals surface area contributed by atoms with E-state index in [0.717, 1.165) is 50.5 Å². The molecule has 1 aromatic carbocycles. The number of hydrogen-bond acceptors (Lipinski definition) is 6. The first-order valence-corrected chi connectivity index (χ1v) is 12.7. The van der Waals surface area contributed by atoms with Crippen LogP contribution < -0.4 is 9.47 Å². The van der Waals surface area contributed by atoms with Crippen molar-refractivity contribution in [2.24, 2.45) is 23.2 Å². The smallest absolute Gasteiger partial charge is 0.310 e. The molecular formula is C27H37NO5. The number of ether oxygens (including phenoxy) is 4. The summed E-state index contributed by atoms with van der Waals surface area (Å²) < 4.78 is 23.2. The van der Waals surface area contributed by atoms with Crippen molar-refractivity contribution in [2.75, 3.05) is 33.9 Å². The monoisotopic (exact) mass is 455 g/mol. The van der Waals surface area contributed by atoms with Crippen LogP contribution in [0.2, 0.25) is 0 Å². The highest BCUT2D eigenvalue weighted by molar-refractivity contribution is 5.75. The standard InChI is InChI=1S/C27H37NO5/c1-16-18-11-22(31-4)21(30-3)10-17(18)6-9-28(16)14-20-19-12-24-26(2,13-23(19)33-25(20)29)7-5-8-27(24)15-32-27/h10-11,16,19-20,23-24H,5-9,12-15H2,1-4H3/t16-,19+,20+,23+,24+,26+,27-/m0/s1. The number of fused-ring (bicyclic) bond motifs is 4. The van der Waals surface area contributed by atoms with Crippen molar-refractivity contribution >= 4 is 5.97 Å². The average Bonchev–Trinajstić information content (AvgIpc) is 3.51. The second-order valence-corrected chi connectivity index (χ2v) is 11.4. The summed E-state index contributed by atoms with van der Waals surface area (Å²) in [6.45, 7) is 7.29. The summed E-state index contributed by atoms with van der Waals surface area (Å²) >= 11 is 0. The lowest BCUT2D eigenvalue weighted by Gasteiger charge is -2.51. The van der Waals surface area contributed by atoms with Gasteiger partial charge in [-0.1, -0.05) is 6.92 Å². The fraction of sp³-hybridized carbons (Fsp3) is 0.741. The van der Waals surface area contributed by atoms with Crippen LogP contribution in [0.4, 0.5) is 0 Å². The van der Waals surface area contributed by atoms with E-state index in [1.165, 1.54) is 30.4 Å². The maximum Gasteiger partial charge on any atom is 0.310 e.